The molecule has 2 N–H and O–H groups in total. The van der Waals surface area contributed by atoms with Crippen molar-refractivity contribution in [1.82, 2.24) is 20.0 Å². The van der Waals surface area contributed by atoms with E-state index in [2.05, 4.69) is 15.3 Å². The smallest absolute Gasteiger partial charge is 0.0640 e. The summed E-state index contributed by atoms with van der Waals surface area (Å²) in [6.07, 6.45) is 5.13. The maximum absolute atomic E-state index is 8.81. The van der Waals surface area contributed by atoms with Gasteiger partial charge in [-0.1, -0.05) is 0 Å². The summed E-state index contributed by atoms with van der Waals surface area (Å²) in [6.45, 7) is 6.15. The van der Waals surface area contributed by atoms with E-state index in [1.165, 1.54) is 12.0 Å². The van der Waals surface area contributed by atoms with Crippen molar-refractivity contribution in [1.29, 1.82) is 0 Å². The van der Waals surface area contributed by atoms with Crippen molar-refractivity contribution >= 4 is 0 Å². The molecule has 0 radical (unpaired) electrons. The molecular weight excluding hydrogens is 204 g/mol. The van der Waals surface area contributed by atoms with Gasteiger partial charge in [-0.25, -0.2) is 0 Å². The van der Waals surface area contributed by atoms with E-state index in [1.54, 1.807) is 4.68 Å². The Bertz CT molecular complexity index is 305. The molecule has 0 atom stereocenters. The van der Waals surface area contributed by atoms with Gasteiger partial charge >= 0.3 is 0 Å². The Morgan fingerprint density at radius 1 is 1.38 bits per heavy atom. The highest BCUT2D eigenvalue weighted by Crippen LogP contribution is 2.05. The summed E-state index contributed by atoms with van der Waals surface area (Å²) in [4.78, 5) is 2.44. The summed E-state index contributed by atoms with van der Waals surface area (Å²) >= 11 is 0. The Morgan fingerprint density at radius 3 is 3.19 bits per heavy atom. The van der Waals surface area contributed by atoms with Gasteiger partial charge in [0.2, 0.25) is 0 Å². The van der Waals surface area contributed by atoms with Crippen LogP contribution in [0.5, 0.6) is 0 Å². The van der Waals surface area contributed by atoms with Crippen LogP contribution >= 0.6 is 0 Å². The van der Waals surface area contributed by atoms with Crippen molar-refractivity contribution in [3.8, 4) is 0 Å². The van der Waals surface area contributed by atoms with E-state index >= 15 is 0 Å². The summed E-state index contributed by atoms with van der Waals surface area (Å²) in [6, 6.07) is 0. The maximum Gasteiger partial charge on any atom is 0.0640 e. The quantitative estimate of drug-likeness (QED) is 0.735. The fourth-order valence-corrected chi connectivity index (χ4v) is 2.03. The van der Waals surface area contributed by atoms with Crippen LogP contribution in [0.4, 0.5) is 0 Å². The Hall–Kier alpha value is -0.910. The highest BCUT2D eigenvalue weighted by atomic mass is 16.3. The third kappa shape index (κ3) is 3.30. The molecule has 16 heavy (non-hydrogen) atoms. The highest BCUT2D eigenvalue weighted by molar-refractivity contribution is 5.03. The fourth-order valence-electron chi connectivity index (χ4n) is 2.03. The molecule has 1 aromatic rings. The average molecular weight is 224 g/mol. The number of aliphatic hydroxyl groups is 1. The van der Waals surface area contributed by atoms with Crippen LogP contribution in [0.3, 0.4) is 0 Å². The lowest BCUT2D eigenvalue weighted by atomic mass is 10.3. The van der Waals surface area contributed by atoms with Crippen molar-refractivity contribution in [2.45, 2.75) is 19.5 Å². The van der Waals surface area contributed by atoms with Gasteiger partial charge in [0.25, 0.3) is 0 Å². The van der Waals surface area contributed by atoms with Crippen molar-refractivity contribution in [2.75, 3.05) is 32.8 Å². The minimum atomic E-state index is 0.148. The molecule has 1 fully saturated rings. The second-order valence-corrected chi connectivity index (χ2v) is 4.21. The lowest BCUT2D eigenvalue weighted by Gasteiger charge is -2.17. The second kappa shape index (κ2) is 5.98. The summed E-state index contributed by atoms with van der Waals surface area (Å²) in [5, 5.41) is 16.4. The Kier molecular flexibility index (Phi) is 4.33. The van der Waals surface area contributed by atoms with Gasteiger partial charge in [-0.3, -0.25) is 9.58 Å². The minimum absolute atomic E-state index is 0.148. The molecule has 90 valence electrons. The van der Waals surface area contributed by atoms with Crippen molar-refractivity contribution in [3.05, 3.63) is 18.0 Å². The number of hydrogen-bond acceptors (Lipinski definition) is 4. The molecule has 1 saturated heterocycles. The van der Waals surface area contributed by atoms with Crippen molar-refractivity contribution in [3.63, 3.8) is 0 Å². The van der Waals surface area contributed by atoms with E-state index < -0.39 is 0 Å². The van der Waals surface area contributed by atoms with Gasteiger partial charge in [0, 0.05) is 31.4 Å². The predicted octanol–water partition coefficient (Wildman–Crippen LogP) is -0.329. The topological polar surface area (TPSA) is 53.3 Å². The summed E-state index contributed by atoms with van der Waals surface area (Å²) in [7, 11) is 0. The molecule has 0 aliphatic carbocycles. The summed E-state index contributed by atoms with van der Waals surface area (Å²) in [5.41, 5.74) is 1.23. The first kappa shape index (κ1) is 11.6. The number of nitrogens with one attached hydrogen (secondary N) is 1. The van der Waals surface area contributed by atoms with Crippen LogP contribution in [0.2, 0.25) is 0 Å². The summed E-state index contributed by atoms with van der Waals surface area (Å²) in [5.74, 6) is 0. The van der Waals surface area contributed by atoms with Gasteiger partial charge in [0.1, 0.15) is 0 Å². The average Bonchev–Trinajstić information content (AvgIpc) is 2.56. The van der Waals surface area contributed by atoms with Gasteiger partial charge in [-0.2, -0.15) is 5.10 Å². The standard InChI is InChI=1S/C11H20N4O/c16-7-6-15-10-11(8-13-15)9-14-4-1-2-12-3-5-14/h8,10,12,16H,1-7,9H2. The van der Waals surface area contributed by atoms with E-state index in [4.69, 9.17) is 5.11 Å². The lowest BCUT2D eigenvalue weighted by molar-refractivity contribution is 0.268. The number of rotatable bonds is 4. The zero-order valence-electron chi connectivity index (χ0n) is 9.60. The number of hydrogen-bond donors (Lipinski definition) is 2. The first-order valence-electron chi connectivity index (χ1n) is 5.94. The third-order valence-corrected chi connectivity index (χ3v) is 2.85. The molecule has 0 unspecified atom stereocenters. The fraction of sp³-hybridized carbons (Fsp3) is 0.727. The molecular formula is C11H20N4O. The van der Waals surface area contributed by atoms with Crippen LogP contribution in [0.1, 0.15) is 12.0 Å². The van der Waals surface area contributed by atoms with Crippen LogP contribution in [0.15, 0.2) is 12.4 Å². The Labute approximate surface area is 96.1 Å². The largest absolute Gasteiger partial charge is 0.394 e. The van der Waals surface area contributed by atoms with Crippen molar-refractivity contribution in [2.24, 2.45) is 0 Å². The molecule has 1 aliphatic heterocycles. The molecule has 0 saturated carbocycles. The van der Waals surface area contributed by atoms with Gasteiger partial charge < -0.3 is 10.4 Å². The monoisotopic (exact) mass is 224 g/mol. The van der Waals surface area contributed by atoms with Gasteiger partial charge in [0.05, 0.1) is 19.3 Å². The molecule has 5 nitrogen and oxygen atoms in total. The predicted molar refractivity (Wildman–Crippen MR) is 62.1 cm³/mol. The van der Waals surface area contributed by atoms with Crippen molar-refractivity contribution < 1.29 is 5.11 Å². The SMILES string of the molecule is OCCn1cc(CN2CCCNCC2)cn1. The third-order valence-electron chi connectivity index (χ3n) is 2.85. The number of nitrogens with zero attached hydrogens (tertiary/aromatic N) is 3. The zero-order valence-corrected chi connectivity index (χ0v) is 9.60. The molecule has 2 heterocycles. The first-order valence-corrected chi connectivity index (χ1v) is 5.94. The van der Waals surface area contributed by atoms with Crippen LogP contribution < -0.4 is 5.32 Å². The van der Waals surface area contributed by atoms with Gasteiger partial charge in [-0.05, 0) is 19.5 Å². The lowest BCUT2D eigenvalue weighted by Crippen LogP contribution is -2.27. The van der Waals surface area contributed by atoms with E-state index in [0.717, 1.165) is 32.7 Å². The summed E-state index contributed by atoms with van der Waals surface area (Å²) < 4.78 is 1.80. The van der Waals surface area contributed by atoms with Crippen LogP contribution in [0, 0.1) is 0 Å². The molecule has 0 amide bonds. The number of aromatic nitrogens is 2. The van der Waals surface area contributed by atoms with Gasteiger partial charge in [-0.15, -0.1) is 0 Å². The number of aliphatic hydroxyl groups excluding tert-OH is 1. The van der Waals surface area contributed by atoms with E-state index in [-0.39, 0.29) is 6.61 Å². The van der Waals surface area contributed by atoms with Crippen LogP contribution in [0.25, 0.3) is 0 Å². The van der Waals surface area contributed by atoms with E-state index in [1.807, 2.05) is 12.4 Å². The Morgan fingerprint density at radius 2 is 2.31 bits per heavy atom. The van der Waals surface area contributed by atoms with E-state index in [9.17, 15) is 0 Å². The first-order chi connectivity index (χ1) is 7.88. The van der Waals surface area contributed by atoms with Gasteiger partial charge in [0.15, 0.2) is 0 Å². The molecule has 0 aromatic carbocycles. The molecule has 1 aliphatic rings. The Balaban J connectivity index is 1.86. The van der Waals surface area contributed by atoms with Crippen LogP contribution in [-0.4, -0.2) is 52.6 Å². The highest BCUT2D eigenvalue weighted by Gasteiger charge is 2.09. The van der Waals surface area contributed by atoms with E-state index in [0.29, 0.717) is 6.54 Å². The second-order valence-electron chi connectivity index (χ2n) is 4.21. The molecule has 0 spiro atoms. The minimum Gasteiger partial charge on any atom is -0.394 e. The maximum atomic E-state index is 8.81. The molecule has 1 aromatic heterocycles. The zero-order chi connectivity index (χ0) is 11.2. The molecule has 5 heteroatoms. The normalized spacial score (nSPS) is 18.6. The molecule has 0 bridgehead atoms. The van der Waals surface area contributed by atoms with Crippen LogP contribution in [-0.2, 0) is 13.1 Å². The molecule has 2 rings (SSSR count).